The van der Waals surface area contributed by atoms with Crippen LogP contribution in [0, 0.1) is 23.7 Å². The van der Waals surface area contributed by atoms with Crippen LogP contribution in [0.3, 0.4) is 0 Å². The Kier molecular flexibility index (Phi) is 4.18. The lowest BCUT2D eigenvalue weighted by Gasteiger charge is -2.43. The van der Waals surface area contributed by atoms with E-state index in [2.05, 4.69) is 20.8 Å². The van der Waals surface area contributed by atoms with Gasteiger partial charge >= 0.3 is 0 Å². The van der Waals surface area contributed by atoms with E-state index in [-0.39, 0.29) is 5.54 Å². The van der Waals surface area contributed by atoms with Crippen LogP contribution >= 0.6 is 0 Å². The molecule has 2 fully saturated rings. The Morgan fingerprint density at radius 2 is 1.71 bits per heavy atom. The molecule has 0 radical (unpaired) electrons. The maximum atomic E-state index is 6.56. The van der Waals surface area contributed by atoms with Gasteiger partial charge in [-0.1, -0.05) is 33.1 Å². The summed E-state index contributed by atoms with van der Waals surface area (Å²) in [5, 5.41) is 0. The van der Waals surface area contributed by atoms with E-state index in [1.54, 1.807) is 0 Å². The lowest BCUT2D eigenvalue weighted by molar-refractivity contribution is 0.122. The number of rotatable bonds is 4. The number of hydrogen-bond donors (Lipinski definition) is 1. The molecular formula is C16H31N. The Morgan fingerprint density at radius 3 is 2.18 bits per heavy atom. The minimum absolute atomic E-state index is 0.112. The Morgan fingerprint density at radius 1 is 1.12 bits per heavy atom. The van der Waals surface area contributed by atoms with Crippen molar-refractivity contribution in [2.45, 2.75) is 77.7 Å². The maximum Gasteiger partial charge on any atom is 0.0156 e. The highest BCUT2D eigenvalue weighted by Crippen LogP contribution is 2.41. The summed E-state index contributed by atoms with van der Waals surface area (Å²) in [6.07, 6.45) is 11.2. The molecular weight excluding hydrogens is 206 g/mol. The minimum Gasteiger partial charge on any atom is -0.325 e. The highest BCUT2D eigenvalue weighted by molar-refractivity contribution is 4.93. The van der Waals surface area contributed by atoms with E-state index in [4.69, 9.17) is 5.73 Å². The van der Waals surface area contributed by atoms with Crippen molar-refractivity contribution in [1.29, 1.82) is 0 Å². The van der Waals surface area contributed by atoms with E-state index in [9.17, 15) is 0 Å². The highest BCUT2D eigenvalue weighted by Gasteiger charge is 2.37. The molecule has 0 aromatic rings. The standard InChI is InChI=1S/C16H31N/c1-12-7-9-14(10-8-12)13(2)11-16(3,17)15-5-4-6-15/h12-15H,4-11,17H2,1-3H3. The van der Waals surface area contributed by atoms with Crippen molar-refractivity contribution in [1.82, 2.24) is 0 Å². The summed E-state index contributed by atoms with van der Waals surface area (Å²) in [6.45, 7) is 7.16. The summed E-state index contributed by atoms with van der Waals surface area (Å²) in [4.78, 5) is 0. The third kappa shape index (κ3) is 3.24. The fraction of sp³-hybridized carbons (Fsp3) is 1.00. The van der Waals surface area contributed by atoms with Crippen LogP contribution in [0.15, 0.2) is 0 Å². The van der Waals surface area contributed by atoms with Crippen molar-refractivity contribution in [2.24, 2.45) is 29.4 Å². The molecule has 0 bridgehead atoms. The number of hydrogen-bond acceptors (Lipinski definition) is 1. The van der Waals surface area contributed by atoms with Gasteiger partial charge < -0.3 is 5.73 Å². The average Bonchev–Trinajstić information content (AvgIpc) is 2.13. The van der Waals surface area contributed by atoms with Crippen LogP contribution in [0.2, 0.25) is 0 Å². The van der Waals surface area contributed by atoms with Crippen molar-refractivity contribution in [2.75, 3.05) is 0 Å². The van der Waals surface area contributed by atoms with Gasteiger partial charge in [-0.05, 0) is 62.7 Å². The smallest absolute Gasteiger partial charge is 0.0156 e. The molecule has 1 nitrogen and oxygen atoms in total. The van der Waals surface area contributed by atoms with Crippen LogP contribution in [0.5, 0.6) is 0 Å². The Balaban J connectivity index is 1.81. The van der Waals surface area contributed by atoms with E-state index in [0.717, 1.165) is 23.7 Å². The van der Waals surface area contributed by atoms with E-state index in [1.807, 2.05) is 0 Å². The lowest BCUT2D eigenvalue weighted by atomic mass is 9.66. The highest BCUT2D eigenvalue weighted by atomic mass is 14.8. The second kappa shape index (κ2) is 5.30. The SMILES string of the molecule is CC1CCC(C(C)CC(C)(N)C2CCC2)CC1. The van der Waals surface area contributed by atoms with Gasteiger partial charge in [-0.2, -0.15) is 0 Å². The first-order valence-electron chi connectivity index (χ1n) is 7.78. The first-order chi connectivity index (χ1) is 7.99. The molecule has 2 aliphatic rings. The second-order valence-corrected chi connectivity index (χ2v) is 7.34. The van der Waals surface area contributed by atoms with Gasteiger partial charge in [0.05, 0.1) is 0 Å². The van der Waals surface area contributed by atoms with Gasteiger partial charge in [0, 0.05) is 5.54 Å². The molecule has 17 heavy (non-hydrogen) atoms. The molecule has 0 aromatic carbocycles. The summed E-state index contributed by atoms with van der Waals surface area (Å²) in [6, 6.07) is 0. The molecule has 2 saturated carbocycles. The molecule has 0 aliphatic heterocycles. The molecule has 2 rings (SSSR count). The molecule has 2 aliphatic carbocycles. The second-order valence-electron chi connectivity index (χ2n) is 7.34. The van der Waals surface area contributed by atoms with E-state index >= 15 is 0 Å². The average molecular weight is 237 g/mol. The maximum absolute atomic E-state index is 6.56. The topological polar surface area (TPSA) is 26.0 Å². The Hall–Kier alpha value is -0.0400. The molecule has 0 aromatic heterocycles. The predicted molar refractivity (Wildman–Crippen MR) is 74.8 cm³/mol. The lowest BCUT2D eigenvalue weighted by Crippen LogP contribution is -2.49. The molecule has 1 heteroatoms. The number of nitrogens with two attached hydrogens (primary N) is 1. The molecule has 100 valence electrons. The fourth-order valence-electron chi connectivity index (χ4n) is 3.95. The van der Waals surface area contributed by atoms with E-state index in [1.165, 1.54) is 51.4 Å². The van der Waals surface area contributed by atoms with Crippen molar-refractivity contribution >= 4 is 0 Å². The van der Waals surface area contributed by atoms with Crippen LogP contribution in [-0.2, 0) is 0 Å². The van der Waals surface area contributed by atoms with E-state index in [0.29, 0.717) is 0 Å². The first-order valence-corrected chi connectivity index (χ1v) is 7.78. The summed E-state index contributed by atoms with van der Waals surface area (Å²) < 4.78 is 0. The third-order valence-corrected chi connectivity index (χ3v) is 5.66. The van der Waals surface area contributed by atoms with Crippen LogP contribution in [-0.4, -0.2) is 5.54 Å². The Bertz CT molecular complexity index is 234. The van der Waals surface area contributed by atoms with Gasteiger partial charge in [0.25, 0.3) is 0 Å². The Labute approximate surface area is 108 Å². The van der Waals surface area contributed by atoms with Crippen LogP contribution in [0.4, 0.5) is 0 Å². The van der Waals surface area contributed by atoms with Gasteiger partial charge in [-0.15, -0.1) is 0 Å². The van der Waals surface area contributed by atoms with Crippen LogP contribution in [0.1, 0.15) is 72.1 Å². The quantitative estimate of drug-likeness (QED) is 0.772. The summed E-state index contributed by atoms with van der Waals surface area (Å²) in [5.41, 5.74) is 6.67. The fourth-order valence-corrected chi connectivity index (χ4v) is 3.95. The molecule has 2 atom stereocenters. The molecule has 2 N–H and O–H groups in total. The predicted octanol–water partition coefficient (Wildman–Crippen LogP) is 4.36. The summed E-state index contributed by atoms with van der Waals surface area (Å²) in [7, 11) is 0. The molecule has 2 unspecified atom stereocenters. The van der Waals surface area contributed by atoms with Gasteiger partial charge in [0.2, 0.25) is 0 Å². The van der Waals surface area contributed by atoms with Crippen molar-refractivity contribution < 1.29 is 0 Å². The monoisotopic (exact) mass is 237 g/mol. The molecule has 0 saturated heterocycles. The van der Waals surface area contributed by atoms with Gasteiger partial charge in [-0.25, -0.2) is 0 Å². The zero-order chi connectivity index (χ0) is 12.5. The van der Waals surface area contributed by atoms with Gasteiger partial charge in [0.15, 0.2) is 0 Å². The zero-order valence-corrected chi connectivity index (χ0v) is 12.0. The molecule has 0 heterocycles. The largest absolute Gasteiger partial charge is 0.325 e. The van der Waals surface area contributed by atoms with Crippen molar-refractivity contribution in [3.8, 4) is 0 Å². The third-order valence-electron chi connectivity index (χ3n) is 5.66. The van der Waals surface area contributed by atoms with E-state index < -0.39 is 0 Å². The molecule has 0 spiro atoms. The van der Waals surface area contributed by atoms with Crippen molar-refractivity contribution in [3.63, 3.8) is 0 Å². The minimum atomic E-state index is 0.112. The van der Waals surface area contributed by atoms with Gasteiger partial charge in [0.1, 0.15) is 0 Å². The van der Waals surface area contributed by atoms with Gasteiger partial charge in [-0.3, -0.25) is 0 Å². The molecule has 0 amide bonds. The first kappa shape index (κ1) is 13.4. The van der Waals surface area contributed by atoms with Crippen molar-refractivity contribution in [3.05, 3.63) is 0 Å². The summed E-state index contributed by atoms with van der Waals surface area (Å²) in [5.74, 6) is 3.56. The normalized spacial score (nSPS) is 36.0. The zero-order valence-electron chi connectivity index (χ0n) is 12.0. The van der Waals surface area contributed by atoms with Crippen LogP contribution < -0.4 is 5.73 Å². The summed E-state index contributed by atoms with van der Waals surface area (Å²) >= 11 is 0. The van der Waals surface area contributed by atoms with Crippen LogP contribution in [0.25, 0.3) is 0 Å².